The first-order valence-corrected chi connectivity index (χ1v) is 5.68. The number of carbonyl (C=O) groups excluding carboxylic acids is 1. The number of rotatable bonds is 7. The average molecular weight is 215 g/mol. The molecule has 0 atom stereocenters. The van der Waals surface area contributed by atoms with E-state index >= 15 is 0 Å². The molecule has 4 heteroatoms. The molecule has 3 N–H and O–H groups in total. The highest BCUT2D eigenvalue weighted by atomic mass is 16.2. The van der Waals surface area contributed by atoms with Crippen molar-refractivity contribution in [2.45, 2.75) is 26.7 Å². The van der Waals surface area contributed by atoms with Gasteiger partial charge in [0.15, 0.2) is 0 Å². The molecule has 4 nitrogen and oxygen atoms in total. The van der Waals surface area contributed by atoms with Crippen LogP contribution in [0.3, 0.4) is 0 Å². The first-order chi connectivity index (χ1) is 7.07. The van der Waals surface area contributed by atoms with E-state index in [1.807, 2.05) is 27.9 Å². The Balaban J connectivity index is 4.49. The number of nitrogens with two attached hydrogens (primary N) is 1. The number of hydrogen-bond acceptors (Lipinski definition) is 3. The second-order valence-corrected chi connectivity index (χ2v) is 4.02. The van der Waals surface area contributed by atoms with Crippen LogP contribution in [0.1, 0.15) is 26.7 Å². The predicted molar refractivity (Wildman–Crippen MR) is 63.6 cm³/mol. The molecular formula is C11H25N3O. The van der Waals surface area contributed by atoms with Gasteiger partial charge >= 0.3 is 0 Å². The van der Waals surface area contributed by atoms with Gasteiger partial charge in [0, 0.05) is 26.7 Å². The largest absolute Gasteiger partial charge is 0.344 e. The van der Waals surface area contributed by atoms with Gasteiger partial charge in [0.2, 0.25) is 5.91 Å². The van der Waals surface area contributed by atoms with Crippen molar-refractivity contribution < 1.29 is 4.79 Å². The first-order valence-electron chi connectivity index (χ1n) is 5.68. The zero-order valence-electron chi connectivity index (χ0n) is 10.5. The zero-order chi connectivity index (χ0) is 11.9. The number of nitrogens with one attached hydrogen (secondary N) is 1. The van der Waals surface area contributed by atoms with Crippen LogP contribution in [0.2, 0.25) is 0 Å². The SMILES string of the molecule is CCC(CC)(CN)C(=O)N(C)CCNC. The molecule has 0 aromatic heterocycles. The molecule has 0 fully saturated rings. The number of hydrogen-bond donors (Lipinski definition) is 2. The van der Waals surface area contributed by atoms with Crippen molar-refractivity contribution in [3.8, 4) is 0 Å². The molecule has 0 aromatic rings. The lowest BCUT2D eigenvalue weighted by molar-refractivity contribution is -0.140. The third-order valence-electron chi connectivity index (χ3n) is 3.24. The van der Waals surface area contributed by atoms with Crippen LogP contribution in [-0.2, 0) is 4.79 Å². The van der Waals surface area contributed by atoms with E-state index in [1.54, 1.807) is 4.90 Å². The van der Waals surface area contributed by atoms with Crippen LogP contribution in [0, 0.1) is 5.41 Å². The molecule has 0 unspecified atom stereocenters. The highest BCUT2D eigenvalue weighted by Crippen LogP contribution is 2.27. The maximum absolute atomic E-state index is 12.2. The molecule has 0 aliphatic carbocycles. The molecule has 0 bridgehead atoms. The van der Waals surface area contributed by atoms with Gasteiger partial charge in [-0.15, -0.1) is 0 Å². The molecule has 0 aromatic carbocycles. The van der Waals surface area contributed by atoms with E-state index in [1.165, 1.54) is 0 Å². The Morgan fingerprint density at radius 2 is 1.93 bits per heavy atom. The fraction of sp³-hybridized carbons (Fsp3) is 0.909. The summed E-state index contributed by atoms with van der Waals surface area (Å²) >= 11 is 0. The fourth-order valence-electron chi connectivity index (χ4n) is 1.71. The van der Waals surface area contributed by atoms with Crippen LogP contribution in [0.5, 0.6) is 0 Å². The van der Waals surface area contributed by atoms with Crippen LogP contribution < -0.4 is 11.1 Å². The van der Waals surface area contributed by atoms with Crippen molar-refractivity contribution >= 4 is 5.91 Å². The van der Waals surface area contributed by atoms with Crippen LogP contribution in [-0.4, -0.2) is 44.5 Å². The number of likely N-dealkylation sites (N-methyl/N-ethyl adjacent to an activating group) is 2. The van der Waals surface area contributed by atoms with Crippen molar-refractivity contribution in [1.82, 2.24) is 10.2 Å². The van der Waals surface area contributed by atoms with E-state index in [0.29, 0.717) is 6.54 Å². The predicted octanol–water partition coefficient (Wildman–Crippen LogP) is 0.429. The minimum absolute atomic E-state index is 0.172. The van der Waals surface area contributed by atoms with E-state index in [0.717, 1.165) is 25.9 Å². The average Bonchev–Trinajstić information content (AvgIpc) is 2.28. The molecular weight excluding hydrogens is 190 g/mol. The Morgan fingerprint density at radius 1 is 1.40 bits per heavy atom. The van der Waals surface area contributed by atoms with Crippen molar-refractivity contribution in [3.63, 3.8) is 0 Å². The van der Waals surface area contributed by atoms with Gasteiger partial charge in [-0.3, -0.25) is 4.79 Å². The van der Waals surface area contributed by atoms with Gasteiger partial charge in [0.25, 0.3) is 0 Å². The monoisotopic (exact) mass is 215 g/mol. The summed E-state index contributed by atoms with van der Waals surface area (Å²) in [5, 5.41) is 3.03. The Morgan fingerprint density at radius 3 is 2.27 bits per heavy atom. The number of carbonyl (C=O) groups is 1. The smallest absolute Gasteiger partial charge is 0.229 e. The lowest BCUT2D eigenvalue weighted by Crippen LogP contribution is -2.47. The molecule has 0 radical (unpaired) electrons. The maximum atomic E-state index is 12.2. The topological polar surface area (TPSA) is 58.4 Å². The minimum atomic E-state index is -0.359. The zero-order valence-corrected chi connectivity index (χ0v) is 10.5. The molecule has 0 aliphatic rings. The minimum Gasteiger partial charge on any atom is -0.344 e. The van der Waals surface area contributed by atoms with Gasteiger partial charge in [0.05, 0.1) is 5.41 Å². The molecule has 0 rings (SSSR count). The summed E-state index contributed by atoms with van der Waals surface area (Å²) < 4.78 is 0. The summed E-state index contributed by atoms with van der Waals surface area (Å²) in [6.45, 7) is 6.04. The number of nitrogens with zero attached hydrogens (tertiary/aromatic N) is 1. The molecule has 0 aliphatic heterocycles. The van der Waals surface area contributed by atoms with Gasteiger partial charge in [0.1, 0.15) is 0 Å². The molecule has 1 amide bonds. The van der Waals surface area contributed by atoms with Crippen LogP contribution in [0.15, 0.2) is 0 Å². The second kappa shape index (κ2) is 6.80. The summed E-state index contributed by atoms with van der Waals surface area (Å²) in [5.41, 5.74) is 5.37. The van der Waals surface area contributed by atoms with Gasteiger partial charge < -0.3 is 16.0 Å². The van der Waals surface area contributed by atoms with Crippen molar-refractivity contribution in [3.05, 3.63) is 0 Å². The molecule has 15 heavy (non-hydrogen) atoms. The lowest BCUT2D eigenvalue weighted by Gasteiger charge is -2.33. The van der Waals surface area contributed by atoms with Gasteiger partial charge in [-0.05, 0) is 19.9 Å². The molecule has 90 valence electrons. The second-order valence-electron chi connectivity index (χ2n) is 4.02. The maximum Gasteiger partial charge on any atom is 0.229 e. The van der Waals surface area contributed by atoms with Crippen LogP contribution in [0.4, 0.5) is 0 Å². The summed E-state index contributed by atoms with van der Waals surface area (Å²) in [7, 11) is 3.73. The molecule has 0 saturated carbocycles. The van der Waals surface area contributed by atoms with Gasteiger partial charge in [-0.1, -0.05) is 13.8 Å². The molecule has 0 saturated heterocycles. The van der Waals surface area contributed by atoms with E-state index in [2.05, 4.69) is 5.32 Å². The van der Waals surface area contributed by atoms with Crippen molar-refractivity contribution in [2.75, 3.05) is 33.7 Å². The van der Waals surface area contributed by atoms with E-state index in [-0.39, 0.29) is 11.3 Å². The summed E-state index contributed by atoms with van der Waals surface area (Å²) in [5.74, 6) is 0.172. The summed E-state index contributed by atoms with van der Waals surface area (Å²) in [6, 6.07) is 0. The van der Waals surface area contributed by atoms with E-state index in [9.17, 15) is 4.79 Å². The Labute approximate surface area is 93.2 Å². The highest BCUT2D eigenvalue weighted by Gasteiger charge is 2.35. The fourth-order valence-corrected chi connectivity index (χ4v) is 1.71. The summed E-state index contributed by atoms with van der Waals surface area (Å²) in [6.07, 6.45) is 1.62. The van der Waals surface area contributed by atoms with Gasteiger partial charge in [-0.25, -0.2) is 0 Å². The quantitative estimate of drug-likeness (QED) is 0.647. The third kappa shape index (κ3) is 3.47. The standard InChI is InChI=1S/C11H25N3O/c1-5-11(6-2,9-12)10(15)14(4)8-7-13-3/h13H,5-9,12H2,1-4H3. The van der Waals surface area contributed by atoms with Gasteiger partial charge in [-0.2, -0.15) is 0 Å². The Hall–Kier alpha value is -0.610. The van der Waals surface area contributed by atoms with E-state index < -0.39 is 0 Å². The molecule has 0 spiro atoms. The third-order valence-corrected chi connectivity index (χ3v) is 3.24. The van der Waals surface area contributed by atoms with Crippen LogP contribution >= 0.6 is 0 Å². The Kier molecular flexibility index (Phi) is 6.52. The van der Waals surface area contributed by atoms with Crippen molar-refractivity contribution in [2.24, 2.45) is 11.1 Å². The normalized spacial score (nSPS) is 11.5. The number of amides is 1. The summed E-state index contributed by atoms with van der Waals surface area (Å²) in [4.78, 5) is 14.0. The Bertz CT molecular complexity index is 182. The molecule has 0 heterocycles. The van der Waals surface area contributed by atoms with Crippen LogP contribution in [0.25, 0.3) is 0 Å². The first kappa shape index (κ1) is 14.4. The van der Waals surface area contributed by atoms with Crippen molar-refractivity contribution in [1.29, 1.82) is 0 Å². The van der Waals surface area contributed by atoms with E-state index in [4.69, 9.17) is 5.73 Å². The highest BCUT2D eigenvalue weighted by molar-refractivity contribution is 5.82. The lowest BCUT2D eigenvalue weighted by atomic mass is 9.81.